The molecule has 17 heteroatoms. The third-order valence-electron chi connectivity index (χ3n) is 14.8. The molecule has 0 saturated carbocycles. The van der Waals surface area contributed by atoms with Crippen molar-refractivity contribution in [3.63, 3.8) is 0 Å². The maximum atomic E-state index is 13.6. The van der Waals surface area contributed by atoms with Crippen molar-refractivity contribution in [2.75, 3.05) is 49.5 Å². The zero-order valence-electron chi connectivity index (χ0n) is 38.4. The van der Waals surface area contributed by atoms with E-state index in [-0.39, 0.29) is 65.6 Å². The number of nitrogens with zero attached hydrogens (tertiary/aromatic N) is 6. The van der Waals surface area contributed by atoms with Crippen LogP contribution in [0.4, 0.5) is 11.4 Å². The van der Waals surface area contributed by atoms with Crippen molar-refractivity contribution >= 4 is 63.6 Å². The molecule has 4 saturated heterocycles. The normalized spacial score (nSPS) is 20.6. The van der Waals surface area contributed by atoms with Crippen molar-refractivity contribution in [3.05, 3.63) is 100 Å². The molecule has 356 valence electrons. The molecule has 3 aromatic carbocycles. The number of carbonyl (C=O) groups excluding carboxylic acids is 7. The highest BCUT2D eigenvalue weighted by molar-refractivity contribution is 6.23. The van der Waals surface area contributed by atoms with Crippen LogP contribution >= 0.6 is 0 Å². The predicted molar refractivity (Wildman–Crippen MR) is 251 cm³/mol. The highest BCUT2D eigenvalue weighted by atomic mass is 16.3. The lowest BCUT2D eigenvalue weighted by molar-refractivity contribution is -0.138. The molecule has 5 aliphatic heterocycles. The Kier molecular flexibility index (Phi) is 13.3. The Morgan fingerprint density at radius 3 is 2.26 bits per heavy atom. The first-order valence-electron chi connectivity index (χ1n) is 24.0. The highest BCUT2D eigenvalue weighted by Crippen LogP contribution is 2.34. The first kappa shape index (κ1) is 46.4. The van der Waals surface area contributed by atoms with Crippen LogP contribution in [0.25, 0.3) is 10.9 Å². The van der Waals surface area contributed by atoms with Gasteiger partial charge in [-0.05, 0) is 105 Å². The number of hydrogen-bond acceptors (Lipinski definition) is 11. The molecular weight excluding hydrogens is 869 g/mol. The molecule has 7 amide bonds. The number of likely N-dealkylation sites (tertiary alicyclic amines) is 2. The summed E-state index contributed by atoms with van der Waals surface area (Å²) in [4.78, 5) is 115. The minimum absolute atomic E-state index is 0.0544. The number of amides is 7. The van der Waals surface area contributed by atoms with E-state index in [0.717, 1.165) is 29.0 Å². The van der Waals surface area contributed by atoms with Crippen molar-refractivity contribution in [1.82, 2.24) is 29.6 Å². The van der Waals surface area contributed by atoms with Gasteiger partial charge in [0.1, 0.15) is 6.04 Å². The lowest BCUT2D eigenvalue weighted by atomic mass is 9.89. The Bertz CT molecular complexity index is 2700. The Hall–Kier alpha value is -6.75. The molecule has 4 aromatic rings. The number of aliphatic hydroxyl groups is 1. The third-order valence-corrected chi connectivity index (χ3v) is 14.8. The van der Waals surface area contributed by atoms with Gasteiger partial charge in [0.05, 0.1) is 40.5 Å². The minimum Gasteiger partial charge on any atom is -0.388 e. The van der Waals surface area contributed by atoms with E-state index in [0.29, 0.717) is 107 Å². The van der Waals surface area contributed by atoms with E-state index in [9.17, 15) is 43.5 Å². The molecule has 2 unspecified atom stereocenters. The molecule has 17 nitrogen and oxygen atoms in total. The van der Waals surface area contributed by atoms with Crippen molar-refractivity contribution < 1.29 is 38.7 Å². The van der Waals surface area contributed by atoms with Crippen LogP contribution in [-0.2, 0) is 30.5 Å². The molecule has 0 aliphatic carbocycles. The minimum atomic E-state index is -1.16. The van der Waals surface area contributed by atoms with Gasteiger partial charge in [-0.25, -0.2) is 4.98 Å². The standard InChI is InChI=1S/C51H58N8O9/c1-32(34-5-3-2-4-6-34)27-45(62)56-25-19-51(68,20-26-56)30-58-31-52-41-28-36(8-10-39(41)48(58)65)53-43(60)13-7-33-15-21-57(22-16-33)47(64)35-17-23-55(24-18-35)37-9-11-38-40(29-37)50(67)59(49(38)66)42-12-14-44(61)54-46(42)63/h2-6,8-11,28-29,31-33,35,42,68H,7,12-27,30H2,1H3,(H,53,60)(H,54,61,63). The Balaban J connectivity index is 0.695. The van der Waals surface area contributed by atoms with E-state index in [1.807, 2.05) is 42.2 Å². The number of benzene rings is 3. The number of rotatable bonds is 12. The SMILES string of the molecule is CC(CC(=O)N1CCC(O)(Cn2cnc3cc(NC(=O)CCC4CCN(C(=O)C5CCN(c6ccc7c(c6)C(=O)N(C6CCC(=O)NC6=O)C7=O)CC5)CC4)ccc3c2=O)CC1)c1ccccc1. The van der Waals surface area contributed by atoms with Gasteiger partial charge >= 0.3 is 0 Å². The van der Waals surface area contributed by atoms with Gasteiger partial charge in [-0.1, -0.05) is 37.3 Å². The number of carbonyl (C=O) groups is 7. The molecule has 0 spiro atoms. The van der Waals surface area contributed by atoms with Crippen LogP contribution < -0.4 is 21.1 Å². The summed E-state index contributed by atoms with van der Waals surface area (Å²) in [6, 6.07) is 19.0. The number of aromatic nitrogens is 2. The van der Waals surface area contributed by atoms with Crippen LogP contribution in [0, 0.1) is 11.8 Å². The molecule has 6 heterocycles. The van der Waals surface area contributed by atoms with E-state index in [2.05, 4.69) is 20.5 Å². The monoisotopic (exact) mass is 926 g/mol. The van der Waals surface area contributed by atoms with E-state index in [4.69, 9.17) is 0 Å². The summed E-state index contributed by atoms with van der Waals surface area (Å²) in [5.74, 6) is -1.84. The number of hydrogen-bond donors (Lipinski definition) is 3. The summed E-state index contributed by atoms with van der Waals surface area (Å²) in [6.45, 7) is 5.40. The first-order chi connectivity index (χ1) is 32.7. The summed E-state index contributed by atoms with van der Waals surface area (Å²) < 4.78 is 1.42. The topological polar surface area (TPSA) is 212 Å². The van der Waals surface area contributed by atoms with Gasteiger partial charge in [0.15, 0.2) is 0 Å². The van der Waals surface area contributed by atoms with Gasteiger partial charge in [-0.15, -0.1) is 0 Å². The van der Waals surface area contributed by atoms with Crippen LogP contribution in [0.2, 0.25) is 0 Å². The van der Waals surface area contributed by atoms with Gasteiger partial charge < -0.3 is 25.1 Å². The van der Waals surface area contributed by atoms with Crippen LogP contribution in [0.15, 0.2) is 77.9 Å². The van der Waals surface area contributed by atoms with Crippen LogP contribution in [0.1, 0.15) is 110 Å². The number of anilines is 2. The molecule has 3 N–H and O–H groups in total. The van der Waals surface area contributed by atoms with Crippen molar-refractivity contribution in [2.24, 2.45) is 11.8 Å². The number of nitrogens with one attached hydrogen (secondary N) is 2. The fourth-order valence-corrected chi connectivity index (χ4v) is 10.6. The molecular formula is C51H58N8O9. The number of fused-ring (bicyclic) bond motifs is 2. The average molecular weight is 927 g/mol. The van der Waals surface area contributed by atoms with Crippen LogP contribution in [0.3, 0.4) is 0 Å². The fraction of sp³-hybridized carbons (Fsp3) is 0.471. The fourth-order valence-electron chi connectivity index (χ4n) is 10.6. The van der Waals surface area contributed by atoms with Crippen LogP contribution in [-0.4, -0.2) is 122 Å². The zero-order valence-corrected chi connectivity index (χ0v) is 38.4. The molecule has 0 bridgehead atoms. The van der Waals surface area contributed by atoms with E-state index >= 15 is 0 Å². The second-order valence-electron chi connectivity index (χ2n) is 19.3. The van der Waals surface area contributed by atoms with Gasteiger partial charge in [0, 0.05) is 75.8 Å². The van der Waals surface area contributed by atoms with E-state index in [1.54, 1.807) is 41.3 Å². The zero-order chi connectivity index (χ0) is 47.7. The van der Waals surface area contributed by atoms with Crippen LogP contribution in [0.5, 0.6) is 0 Å². The quantitative estimate of drug-likeness (QED) is 0.171. The molecule has 68 heavy (non-hydrogen) atoms. The third kappa shape index (κ3) is 9.80. The number of piperidine rings is 4. The summed E-state index contributed by atoms with van der Waals surface area (Å²) >= 11 is 0. The largest absolute Gasteiger partial charge is 0.388 e. The Morgan fingerprint density at radius 1 is 0.824 bits per heavy atom. The second kappa shape index (κ2) is 19.5. The predicted octanol–water partition coefficient (Wildman–Crippen LogP) is 4.22. The molecule has 2 atom stereocenters. The summed E-state index contributed by atoms with van der Waals surface area (Å²) in [5.41, 5.74) is 1.87. The lowest BCUT2D eigenvalue weighted by Gasteiger charge is -2.38. The first-order valence-corrected chi connectivity index (χ1v) is 24.0. The molecule has 4 fully saturated rings. The number of imide groups is 2. The van der Waals surface area contributed by atoms with E-state index in [1.165, 1.54) is 10.9 Å². The Labute approximate surface area is 393 Å². The molecule has 0 radical (unpaired) electrons. The lowest BCUT2D eigenvalue weighted by Crippen LogP contribution is -2.54. The maximum Gasteiger partial charge on any atom is 0.262 e. The summed E-state index contributed by atoms with van der Waals surface area (Å²) in [7, 11) is 0. The summed E-state index contributed by atoms with van der Waals surface area (Å²) in [6.07, 6.45) is 6.58. The van der Waals surface area contributed by atoms with Crippen molar-refractivity contribution in [2.45, 2.75) is 102 Å². The van der Waals surface area contributed by atoms with Gasteiger partial charge in [-0.2, -0.15) is 0 Å². The molecule has 5 aliphatic rings. The van der Waals surface area contributed by atoms with Gasteiger partial charge in [0.2, 0.25) is 29.5 Å². The smallest absolute Gasteiger partial charge is 0.262 e. The highest BCUT2D eigenvalue weighted by Gasteiger charge is 2.45. The molecule has 9 rings (SSSR count). The van der Waals surface area contributed by atoms with Gasteiger partial charge in [-0.3, -0.25) is 53.1 Å². The van der Waals surface area contributed by atoms with Gasteiger partial charge in [0.25, 0.3) is 17.4 Å². The van der Waals surface area contributed by atoms with Crippen molar-refractivity contribution in [3.8, 4) is 0 Å². The van der Waals surface area contributed by atoms with E-state index < -0.39 is 35.3 Å². The second-order valence-corrected chi connectivity index (χ2v) is 19.3. The average Bonchev–Trinajstić information content (AvgIpc) is 3.59. The summed E-state index contributed by atoms with van der Waals surface area (Å²) in [5, 5.41) is 17.0. The Morgan fingerprint density at radius 2 is 1.54 bits per heavy atom. The molecule has 1 aromatic heterocycles. The van der Waals surface area contributed by atoms with Crippen molar-refractivity contribution in [1.29, 1.82) is 0 Å². The maximum absolute atomic E-state index is 13.6.